The number of aliphatic hydroxyl groups excluding tert-OH is 1. The average Bonchev–Trinajstić information content (AvgIpc) is 2.96. The van der Waals surface area contributed by atoms with Crippen LogP contribution in [0.2, 0.25) is 0 Å². The molecule has 0 aliphatic carbocycles. The van der Waals surface area contributed by atoms with E-state index in [1.54, 1.807) is 26.0 Å². The second-order valence-electron chi connectivity index (χ2n) is 10.4. The van der Waals surface area contributed by atoms with E-state index in [0.717, 1.165) is 5.56 Å². The molecule has 0 aromatic heterocycles. The molecule has 4 unspecified atom stereocenters. The first-order valence-electron chi connectivity index (χ1n) is 13.9. The van der Waals surface area contributed by atoms with Gasteiger partial charge in [-0.05, 0) is 54.9 Å². The van der Waals surface area contributed by atoms with E-state index in [2.05, 4.69) is 20.9 Å². The average molecular weight is 583 g/mol. The summed E-state index contributed by atoms with van der Waals surface area (Å²) in [6.45, 7) is 3.80. The molecule has 42 heavy (non-hydrogen) atoms. The highest BCUT2D eigenvalue weighted by atomic mass is 16.3. The first kappa shape index (κ1) is 33.8. The lowest BCUT2D eigenvalue weighted by Crippen LogP contribution is -2.57. The smallest absolute Gasteiger partial charge is 0.249 e. The molecule has 0 aliphatic rings. The van der Waals surface area contributed by atoms with Gasteiger partial charge in [0.1, 0.15) is 30.2 Å². The molecule has 2 aromatic carbocycles. The summed E-state index contributed by atoms with van der Waals surface area (Å²) >= 11 is 0. The number of rotatable bonds is 17. The molecular formula is C30H42N6O6. The number of aliphatic hydroxyl groups is 1. The number of aryl methyl sites for hydroxylation is 1. The van der Waals surface area contributed by atoms with Crippen LogP contribution in [0.25, 0.3) is 0 Å². The largest absolute Gasteiger partial charge is 0.508 e. The Balaban J connectivity index is 2.11. The van der Waals surface area contributed by atoms with Gasteiger partial charge in [-0.15, -0.1) is 0 Å². The second kappa shape index (κ2) is 17.4. The topological polar surface area (TPSA) is 209 Å². The molecule has 12 nitrogen and oxygen atoms in total. The summed E-state index contributed by atoms with van der Waals surface area (Å²) in [7, 11) is 0. The van der Waals surface area contributed by atoms with Gasteiger partial charge in [0.05, 0.1) is 6.04 Å². The highest BCUT2D eigenvalue weighted by Gasteiger charge is 2.31. The lowest BCUT2D eigenvalue weighted by molar-refractivity contribution is -0.136. The van der Waals surface area contributed by atoms with Crippen molar-refractivity contribution < 1.29 is 29.4 Å². The van der Waals surface area contributed by atoms with Crippen LogP contribution in [0.5, 0.6) is 5.75 Å². The summed E-state index contributed by atoms with van der Waals surface area (Å²) in [5.74, 6) is -2.23. The van der Waals surface area contributed by atoms with Crippen molar-refractivity contribution in [3.05, 3.63) is 65.7 Å². The Morgan fingerprint density at radius 3 is 2.14 bits per heavy atom. The van der Waals surface area contributed by atoms with E-state index in [4.69, 9.17) is 11.5 Å². The number of nitrogens with two attached hydrogens (primary N) is 2. The van der Waals surface area contributed by atoms with Crippen LogP contribution in [0.15, 0.2) is 59.6 Å². The van der Waals surface area contributed by atoms with Crippen molar-refractivity contribution in [3.63, 3.8) is 0 Å². The molecule has 0 fully saturated rings. The van der Waals surface area contributed by atoms with Crippen molar-refractivity contribution in [2.45, 2.75) is 70.2 Å². The Labute approximate surface area is 246 Å². The molecule has 12 heteroatoms. The van der Waals surface area contributed by atoms with E-state index in [1.807, 2.05) is 30.3 Å². The van der Waals surface area contributed by atoms with Gasteiger partial charge in [0.25, 0.3) is 0 Å². The molecule has 0 spiro atoms. The second-order valence-corrected chi connectivity index (χ2v) is 10.4. The number of carbonyl (C=O) groups excluding carboxylic acids is 4. The van der Waals surface area contributed by atoms with Crippen molar-refractivity contribution in [1.29, 1.82) is 0 Å². The van der Waals surface area contributed by atoms with Crippen LogP contribution in [0, 0.1) is 5.92 Å². The number of hydrogen-bond donors (Lipinski definition) is 7. The number of guanidine groups is 1. The molecule has 4 atom stereocenters. The van der Waals surface area contributed by atoms with E-state index >= 15 is 0 Å². The Morgan fingerprint density at radius 2 is 1.55 bits per heavy atom. The minimum Gasteiger partial charge on any atom is -0.508 e. The lowest BCUT2D eigenvalue weighted by Gasteiger charge is -2.27. The monoisotopic (exact) mass is 582 g/mol. The number of phenols is 1. The number of nitrogens with zero attached hydrogens (tertiary/aromatic N) is 1. The van der Waals surface area contributed by atoms with Crippen molar-refractivity contribution in [2.24, 2.45) is 22.4 Å². The molecule has 0 heterocycles. The summed E-state index contributed by atoms with van der Waals surface area (Å²) in [6, 6.07) is 12.6. The predicted octanol–water partition coefficient (Wildman–Crippen LogP) is 0.291. The molecule has 0 saturated heterocycles. The number of amides is 3. The minimum absolute atomic E-state index is 0.0214. The first-order valence-corrected chi connectivity index (χ1v) is 13.9. The van der Waals surface area contributed by atoms with Crippen molar-refractivity contribution in [1.82, 2.24) is 16.0 Å². The quantitative estimate of drug-likeness (QED) is 0.0595. The summed E-state index contributed by atoms with van der Waals surface area (Å²) in [4.78, 5) is 54.9. The zero-order valence-corrected chi connectivity index (χ0v) is 24.0. The Hall–Kier alpha value is -4.45. The van der Waals surface area contributed by atoms with Gasteiger partial charge in [0, 0.05) is 13.0 Å². The maximum absolute atomic E-state index is 13.4. The standard InChI is InChI=1S/C30H42N6O6/c1-19(2)26(29(42)34-22(18-37)9-6-16-33-30(31)32)36-27(40)24(15-12-20-7-4-3-5-8-20)35-28(41)25(39)17-21-10-13-23(38)14-11-21/h3-5,7-8,10-11,13-14,18-19,22,24-26,38-39H,6,9,12,15-17H2,1-2H3,(H,34,42)(H,35,41)(H,36,40)(H4,31,32,33). The van der Waals surface area contributed by atoms with Gasteiger partial charge in [0.15, 0.2) is 5.96 Å². The Bertz CT molecular complexity index is 1180. The van der Waals surface area contributed by atoms with Crippen molar-refractivity contribution in [3.8, 4) is 5.75 Å². The molecular weight excluding hydrogens is 540 g/mol. The van der Waals surface area contributed by atoms with E-state index in [9.17, 15) is 29.4 Å². The van der Waals surface area contributed by atoms with Gasteiger partial charge in [-0.3, -0.25) is 19.4 Å². The molecule has 2 aromatic rings. The Morgan fingerprint density at radius 1 is 0.881 bits per heavy atom. The highest BCUT2D eigenvalue weighted by molar-refractivity contribution is 5.93. The van der Waals surface area contributed by atoms with E-state index in [1.165, 1.54) is 12.1 Å². The first-order chi connectivity index (χ1) is 20.0. The van der Waals surface area contributed by atoms with Gasteiger partial charge in [-0.1, -0.05) is 56.3 Å². The molecule has 0 saturated carbocycles. The Kier molecular flexibility index (Phi) is 14.0. The van der Waals surface area contributed by atoms with Gasteiger partial charge in [-0.25, -0.2) is 0 Å². The molecule has 0 radical (unpaired) electrons. The summed E-state index contributed by atoms with van der Waals surface area (Å²) in [5, 5.41) is 28.0. The van der Waals surface area contributed by atoms with Crippen LogP contribution in [0.3, 0.4) is 0 Å². The number of hydrogen-bond acceptors (Lipinski definition) is 7. The molecule has 3 amide bonds. The third kappa shape index (κ3) is 12.0. The minimum atomic E-state index is -1.45. The van der Waals surface area contributed by atoms with Crippen molar-refractivity contribution in [2.75, 3.05) is 6.54 Å². The normalized spacial score (nSPS) is 13.7. The van der Waals surface area contributed by atoms with Gasteiger partial charge < -0.3 is 42.4 Å². The maximum Gasteiger partial charge on any atom is 0.249 e. The number of nitrogens with one attached hydrogen (secondary N) is 3. The molecule has 9 N–H and O–H groups in total. The van der Waals surface area contributed by atoms with Gasteiger partial charge >= 0.3 is 0 Å². The fourth-order valence-corrected chi connectivity index (χ4v) is 4.20. The fraction of sp³-hybridized carbons (Fsp3) is 0.433. The highest BCUT2D eigenvalue weighted by Crippen LogP contribution is 2.13. The molecule has 2 rings (SSSR count). The number of phenolic OH excluding ortho intramolecular Hbond substituents is 1. The molecule has 228 valence electrons. The molecule has 0 bridgehead atoms. The zero-order valence-electron chi connectivity index (χ0n) is 24.0. The van der Waals surface area contributed by atoms with E-state index in [-0.39, 0.29) is 30.5 Å². The van der Waals surface area contributed by atoms with Crippen molar-refractivity contribution >= 4 is 30.0 Å². The number of carbonyl (C=O) groups is 4. The van der Waals surface area contributed by atoms with Crippen LogP contribution >= 0.6 is 0 Å². The number of aldehydes is 1. The fourth-order valence-electron chi connectivity index (χ4n) is 4.20. The number of benzene rings is 2. The van der Waals surface area contributed by atoms with Gasteiger partial charge in [-0.2, -0.15) is 0 Å². The van der Waals surface area contributed by atoms with E-state index in [0.29, 0.717) is 37.7 Å². The van der Waals surface area contributed by atoms with Gasteiger partial charge in [0.2, 0.25) is 17.7 Å². The summed E-state index contributed by atoms with van der Waals surface area (Å²) < 4.78 is 0. The molecule has 0 aliphatic heterocycles. The maximum atomic E-state index is 13.4. The van der Waals surface area contributed by atoms with E-state index < -0.39 is 42.0 Å². The summed E-state index contributed by atoms with van der Waals surface area (Å²) in [5.41, 5.74) is 12.2. The van der Waals surface area contributed by atoms with Crippen LogP contribution in [-0.4, -0.2) is 71.0 Å². The van der Waals surface area contributed by atoms with Crippen LogP contribution in [0.4, 0.5) is 0 Å². The number of aromatic hydroxyl groups is 1. The van der Waals surface area contributed by atoms with Crippen LogP contribution in [0.1, 0.15) is 44.2 Å². The third-order valence-corrected chi connectivity index (χ3v) is 6.57. The summed E-state index contributed by atoms with van der Waals surface area (Å²) in [6.07, 6.45) is 0.575. The van der Waals surface area contributed by atoms with Crippen LogP contribution < -0.4 is 27.4 Å². The number of aliphatic imine (C=N–C) groups is 1. The SMILES string of the molecule is CC(C)C(NC(=O)C(CCc1ccccc1)NC(=O)C(O)Cc1ccc(O)cc1)C(=O)NC(C=O)CCCN=C(N)N. The third-order valence-electron chi connectivity index (χ3n) is 6.57. The predicted molar refractivity (Wildman–Crippen MR) is 159 cm³/mol. The zero-order chi connectivity index (χ0) is 31.1. The van der Waals surface area contributed by atoms with Crippen LogP contribution in [-0.2, 0) is 32.0 Å². The lowest BCUT2D eigenvalue weighted by atomic mass is 10.00.